The van der Waals surface area contributed by atoms with E-state index in [-0.39, 0.29) is 12.2 Å². The van der Waals surface area contributed by atoms with Crippen molar-refractivity contribution in [1.29, 1.82) is 0 Å². The van der Waals surface area contributed by atoms with Gasteiger partial charge in [0.25, 0.3) is 0 Å². The van der Waals surface area contributed by atoms with Crippen LogP contribution in [0.2, 0.25) is 0 Å². The highest BCUT2D eigenvalue weighted by Gasteiger charge is 2.29. The lowest BCUT2D eigenvalue weighted by molar-refractivity contribution is -0.0961. The molecule has 0 aromatic heterocycles. The van der Waals surface area contributed by atoms with Gasteiger partial charge in [-0.2, -0.15) is 0 Å². The summed E-state index contributed by atoms with van der Waals surface area (Å²) in [4.78, 5) is 0. The third-order valence-corrected chi connectivity index (χ3v) is 3.51. The first-order valence-corrected chi connectivity index (χ1v) is 6.38. The molecule has 0 radical (unpaired) electrons. The van der Waals surface area contributed by atoms with Crippen molar-refractivity contribution in [3.8, 4) is 0 Å². The Kier molecular flexibility index (Phi) is 2.89. The quantitative estimate of drug-likeness (QED) is 0.735. The van der Waals surface area contributed by atoms with Gasteiger partial charge in [-0.3, -0.25) is 0 Å². The molecule has 1 saturated heterocycles. The second-order valence-corrected chi connectivity index (χ2v) is 4.88. The Hall–Kier alpha value is -1.28. The van der Waals surface area contributed by atoms with Gasteiger partial charge in [0, 0.05) is 0 Å². The van der Waals surface area contributed by atoms with E-state index in [1.807, 2.05) is 0 Å². The Morgan fingerprint density at radius 2 is 1.94 bits per heavy atom. The fourth-order valence-electron chi connectivity index (χ4n) is 2.46. The van der Waals surface area contributed by atoms with Gasteiger partial charge in [0.2, 0.25) is 0 Å². The Morgan fingerprint density at radius 3 is 2.76 bits per heavy atom. The molecule has 0 bridgehead atoms. The fraction of sp³-hybridized carbons (Fsp3) is 0.467. The van der Waals surface area contributed by atoms with Crippen LogP contribution in [0.4, 0.5) is 0 Å². The Morgan fingerprint density at radius 1 is 1.12 bits per heavy atom. The first kappa shape index (κ1) is 10.8. The molecule has 0 N–H and O–H groups in total. The number of aryl methyl sites for hydroxylation is 1. The maximum Gasteiger partial charge on any atom is 0.147 e. The van der Waals surface area contributed by atoms with Crippen molar-refractivity contribution in [2.75, 3.05) is 6.61 Å². The summed E-state index contributed by atoms with van der Waals surface area (Å²) in [6.07, 6.45) is 5.91. The molecule has 2 atom stereocenters. The van der Waals surface area contributed by atoms with E-state index in [1.54, 1.807) is 0 Å². The molecule has 90 valence electrons. The number of allylic oxidation sites excluding steroid dienone is 1. The molecule has 1 aromatic rings. The van der Waals surface area contributed by atoms with Crippen LogP contribution in [0, 0.1) is 6.92 Å². The summed E-state index contributed by atoms with van der Waals surface area (Å²) >= 11 is 0. The van der Waals surface area contributed by atoms with Crippen molar-refractivity contribution in [2.45, 2.75) is 38.4 Å². The molecule has 17 heavy (non-hydrogen) atoms. The summed E-state index contributed by atoms with van der Waals surface area (Å²) in [5, 5.41) is 0. The molecule has 2 unspecified atom stereocenters. The SMILES string of the molecule is Cc1ccc(C2COC3CCCC=C3O2)cc1. The molecule has 2 nitrogen and oxygen atoms in total. The van der Waals surface area contributed by atoms with Crippen LogP contribution in [0.1, 0.15) is 36.5 Å². The summed E-state index contributed by atoms with van der Waals surface area (Å²) in [6, 6.07) is 8.51. The molecular formula is C15H18O2. The average Bonchev–Trinajstić information content (AvgIpc) is 2.39. The zero-order chi connectivity index (χ0) is 11.7. The zero-order valence-electron chi connectivity index (χ0n) is 10.2. The molecular weight excluding hydrogens is 212 g/mol. The number of ether oxygens (including phenoxy) is 2. The van der Waals surface area contributed by atoms with Crippen molar-refractivity contribution < 1.29 is 9.47 Å². The van der Waals surface area contributed by atoms with Gasteiger partial charge in [-0.25, -0.2) is 0 Å². The summed E-state index contributed by atoms with van der Waals surface area (Å²) in [5.41, 5.74) is 2.49. The van der Waals surface area contributed by atoms with Gasteiger partial charge >= 0.3 is 0 Å². The van der Waals surface area contributed by atoms with Gasteiger partial charge < -0.3 is 9.47 Å². The normalized spacial score (nSPS) is 27.9. The third-order valence-electron chi connectivity index (χ3n) is 3.51. The van der Waals surface area contributed by atoms with Crippen LogP contribution < -0.4 is 0 Å². The monoisotopic (exact) mass is 230 g/mol. The van der Waals surface area contributed by atoms with Gasteiger partial charge in [-0.1, -0.05) is 29.8 Å². The summed E-state index contributed by atoms with van der Waals surface area (Å²) in [5.74, 6) is 1.05. The van der Waals surface area contributed by atoms with Gasteiger partial charge in [0.05, 0.1) is 6.61 Å². The molecule has 1 aromatic carbocycles. The number of hydrogen-bond acceptors (Lipinski definition) is 2. The van der Waals surface area contributed by atoms with E-state index >= 15 is 0 Å². The minimum Gasteiger partial charge on any atom is -0.485 e. The molecule has 1 aliphatic carbocycles. The lowest BCUT2D eigenvalue weighted by Gasteiger charge is -2.34. The van der Waals surface area contributed by atoms with E-state index in [1.165, 1.54) is 17.5 Å². The first-order valence-electron chi connectivity index (χ1n) is 6.38. The number of fused-ring (bicyclic) bond motifs is 1. The van der Waals surface area contributed by atoms with Gasteiger partial charge in [-0.15, -0.1) is 0 Å². The fourth-order valence-corrected chi connectivity index (χ4v) is 2.46. The summed E-state index contributed by atoms with van der Waals surface area (Å²) in [7, 11) is 0. The van der Waals surface area contributed by atoms with E-state index in [9.17, 15) is 0 Å². The van der Waals surface area contributed by atoms with Crippen molar-refractivity contribution in [3.05, 3.63) is 47.2 Å². The van der Waals surface area contributed by atoms with Crippen LogP contribution in [-0.2, 0) is 9.47 Å². The van der Waals surface area contributed by atoms with Crippen molar-refractivity contribution in [2.24, 2.45) is 0 Å². The Balaban J connectivity index is 1.77. The van der Waals surface area contributed by atoms with Gasteiger partial charge in [-0.05, 0) is 37.8 Å². The highest BCUT2D eigenvalue weighted by Crippen LogP contribution is 2.33. The Labute approximate surface area is 102 Å². The van der Waals surface area contributed by atoms with Gasteiger partial charge in [0.15, 0.2) is 0 Å². The molecule has 0 amide bonds. The van der Waals surface area contributed by atoms with E-state index in [0.29, 0.717) is 6.61 Å². The molecule has 2 aliphatic rings. The second kappa shape index (κ2) is 4.53. The lowest BCUT2D eigenvalue weighted by Crippen LogP contribution is -2.30. The average molecular weight is 230 g/mol. The predicted molar refractivity (Wildman–Crippen MR) is 66.7 cm³/mol. The van der Waals surface area contributed by atoms with E-state index < -0.39 is 0 Å². The minimum absolute atomic E-state index is 0.0659. The summed E-state index contributed by atoms with van der Waals surface area (Å²) in [6.45, 7) is 2.77. The molecule has 3 rings (SSSR count). The van der Waals surface area contributed by atoms with E-state index in [4.69, 9.17) is 9.47 Å². The maximum atomic E-state index is 6.05. The topological polar surface area (TPSA) is 18.5 Å². The highest BCUT2D eigenvalue weighted by molar-refractivity contribution is 5.24. The van der Waals surface area contributed by atoms with Crippen LogP contribution in [0.25, 0.3) is 0 Å². The van der Waals surface area contributed by atoms with Crippen LogP contribution >= 0.6 is 0 Å². The Bertz CT molecular complexity index is 419. The van der Waals surface area contributed by atoms with E-state index in [0.717, 1.165) is 18.6 Å². The molecule has 0 saturated carbocycles. The molecule has 1 fully saturated rings. The van der Waals surface area contributed by atoms with Crippen LogP contribution in [0.5, 0.6) is 0 Å². The smallest absolute Gasteiger partial charge is 0.147 e. The highest BCUT2D eigenvalue weighted by atomic mass is 16.6. The van der Waals surface area contributed by atoms with Crippen LogP contribution in [-0.4, -0.2) is 12.7 Å². The van der Waals surface area contributed by atoms with Crippen molar-refractivity contribution in [1.82, 2.24) is 0 Å². The third kappa shape index (κ3) is 2.22. The molecule has 1 aliphatic heterocycles. The largest absolute Gasteiger partial charge is 0.485 e. The molecule has 0 spiro atoms. The number of hydrogen-bond donors (Lipinski definition) is 0. The van der Waals surface area contributed by atoms with E-state index in [2.05, 4.69) is 37.3 Å². The zero-order valence-corrected chi connectivity index (χ0v) is 10.2. The molecule has 2 heteroatoms. The second-order valence-electron chi connectivity index (χ2n) is 4.88. The van der Waals surface area contributed by atoms with Crippen LogP contribution in [0.15, 0.2) is 36.1 Å². The minimum atomic E-state index is 0.0659. The van der Waals surface area contributed by atoms with Crippen molar-refractivity contribution in [3.63, 3.8) is 0 Å². The maximum absolute atomic E-state index is 6.05. The van der Waals surface area contributed by atoms with Crippen molar-refractivity contribution >= 4 is 0 Å². The predicted octanol–water partition coefficient (Wildman–Crippen LogP) is 3.52. The lowest BCUT2D eigenvalue weighted by atomic mass is 10.0. The van der Waals surface area contributed by atoms with Gasteiger partial charge in [0.1, 0.15) is 18.0 Å². The standard InChI is InChI=1S/C15H18O2/c1-11-6-8-12(9-7-11)15-10-16-13-4-2-3-5-14(13)17-15/h5-9,13,15H,2-4,10H2,1H3. The number of rotatable bonds is 1. The molecule has 1 heterocycles. The van der Waals surface area contributed by atoms with Crippen LogP contribution in [0.3, 0.4) is 0 Å². The summed E-state index contributed by atoms with van der Waals surface area (Å²) < 4.78 is 11.9. The first-order chi connectivity index (χ1) is 8.33. The number of benzene rings is 1.